The number of halogens is 1. The molecule has 0 saturated carbocycles. The van der Waals surface area contributed by atoms with E-state index in [4.69, 9.17) is 11.6 Å². The number of sulfonamides is 1. The number of hydrogen-bond donors (Lipinski definition) is 2. The number of carbonyl (C=O) groups is 1. The van der Waals surface area contributed by atoms with E-state index in [0.29, 0.717) is 13.1 Å². The van der Waals surface area contributed by atoms with Crippen LogP contribution in [0.25, 0.3) is 0 Å². The Morgan fingerprint density at radius 2 is 1.77 bits per heavy atom. The Balaban J connectivity index is 1.90. The molecular weight excluding hydrogens is 376 g/mol. The molecule has 138 valence electrons. The zero-order valence-corrected chi connectivity index (χ0v) is 15.6. The van der Waals surface area contributed by atoms with Gasteiger partial charge in [0.2, 0.25) is 10.0 Å². The number of piperidine rings is 1. The van der Waals surface area contributed by atoms with E-state index in [-0.39, 0.29) is 26.9 Å². The third-order valence-electron chi connectivity index (χ3n) is 4.29. The molecule has 0 radical (unpaired) electrons. The maximum absolute atomic E-state index is 12.8. The summed E-state index contributed by atoms with van der Waals surface area (Å²) in [7, 11) is -3.67. The third kappa shape index (κ3) is 3.85. The number of nitrogens with zero attached hydrogens (tertiary/aromatic N) is 1. The first-order valence-corrected chi connectivity index (χ1v) is 10.1. The van der Waals surface area contributed by atoms with Crippen LogP contribution in [0.4, 0.5) is 5.69 Å². The largest absolute Gasteiger partial charge is 0.506 e. The second-order valence-electron chi connectivity index (χ2n) is 6.08. The molecule has 2 aromatic rings. The highest BCUT2D eigenvalue weighted by Gasteiger charge is 2.27. The maximum Gasteiger partial charge on any atom is 0.257 e. The van der Waals surface area contributed by atoms with E-state index in [2.05, 4.69) is 5.32 Å². The summed E-state index contributed by atoms with van der Waals surface area (Å²) in [5, 5.41) is 12.5. The van der Waals surface area contributed by atoms with Gasteiger partial charge in [0.05, 0.1) is 21.2 Å². The van der Waals surface area contributed by atoms with E-state index in [1.807, 2.05) is 0 Å². The summed E-state index contributed by atoms with van der Waals surface area (Å²) in [6.45, 7) is 0.953. The number of phenols is 1. The minimum Gasteiger partial charge on any atom is -0.506 e. The fourth-order valence-corrected chi connectivity index (χ4v) is 4.61. The number of carbonyl (C=O) groups excluding carboxylic acids is 1. The van der Waals surface area contributed by atoms with E-state index in [1.165, 1.54) is 34.6 Å². The molecule has 0 aliphatic carbocycles. The molecule has 0 aromatic heterocycles. The van der Waals surface area contributed by atoms with Crippen molar-refractivity contribution in [3.05, 3.63) is 53.1 Å². The summed E-state index contributed by atoms with van der Waals surface area (Å²) in [5.74, 6) is -0.679. The Bertz CT molecular complexity index is 925. The highest BCUT2D eigenvalue weighted by atomic mass is 35.5. The van der Waals surface area contributed by atoms with E-state index in [9.17, 15) is 18.3 Å². The number of anilines is 1. The molecular formula is C18H19ClN2O4S. The standard InChI is InChI=1S/C18H19ClN2O4S/c19-15-9-8-13(26(24,25)21-10-4-1-5-11-21)12-14(15)18(23)20-16-6-2-3-7-17(16)22/h2-3,6-9,12,22H,1,4-5,10-11H2,(H,20,23). The molecule has 0 bridgehead atoms. The van der Waals surface area contributed by atoms with E-state index < -0.39 is 15.9 Å². The molecule has 1 heterocycles. The van der Waals surface area contributed by atoms with Crippen LogP contribution in [-0.2, 0) is 10.0 Å². The van der Waals surface area contributed by atoms with Gasteiger partial charge in [0.15, 0.2) is 0 Å². The topological polar surface area (TPSA) is 86.7 Å². The van der Waals surface area contributed by atoms with Crippen LogP contribution in [0.1, 0.15) is 29.6 Å². The van der Waals surface area contributed by atoms with Crippen LogP contribution in [0.15, 0.2) is 47.4 Å². The van der Waals surface area contributed by atoms with Crippen molar-refractivity contribution < 1.29 is 18.3 Å². The van der Waals surface area contributed by atoms with Gasteiger partial charge in [0.25, 0.3) is 5.91 Å². The van der Waals surface area contributed by atoms with Crippen molar-refractivity contribution in [1.82, 2.24) is 4.31 Å². The van der Waals surface area contributed by atoms with Crippen molar-refractivity contribution in [2.24, 2.45) is 0 Å². The van der Waals surface area contributed by atoms with Gasteiger partial charge in [0, 0.05) is 13.1 Å². The smallest absolute Gasteiger partial charge is 0.257 e. The lowest BCUT2D eigenvalue weighted by Gasteiger charge is -2.26. The number of nitrogens with one attached hydrogen (secondary N) is 1. The SMILES string of the molecule is O=C(Nc1ccccc1O)c1cc(S(=O)(=O)N2CCCCC2)ccc1Cl. The summed E-state index contributed by atoms with van der Waals surface area (Å²) in [6, 6.07) is 10.4. The quantitative estimate of drug-likeness (QED) is 0.777. The molecule has 1 fully saturated rings. The highest BCUT2D eigenvalue weighted by molar-refractivity contribution is 7.89. The van der Waals surface area contributed by atoms with Gasteiger partial charge in [0.1, 0.15) is 5.75 Å². The number of amides is 1. The Morgan fingerprint density at radius 1 is 1.08 bits per heavy atom. The first-order valence-electron chi connectivity index (χ1n) is 8.28. The predicted octanol–water partition coefficient (Wildman–Crippen LogP) is 3.47. The van der Waals surface area contributed by atoms with Gasteiger partial charge in [-0.25, -0.2) is 8.42 Å². The van der Waals surface area contributed by atoms with Crippen molar-refractivity contribution >= 4 is 33.2 Å². The molecule has 8 heteroatoms. The number of rotatable bonds is 4. The lowest BCUT2D eigenvalue weighted by molar-refractivity contribution is 0.102. The molecule has 0 atom stereocenters. The minimum absolute atomic E-state index is 0.0335. The van der Waals surface area contributed by atoms with Gasteiger partial charge in [-0.05, 0) is 43.2 Å². The van der Waals surface area contributed by atoms with Crippen molar-refractivity contribution in [2.45, 2.75) is 24.2 Å². The van der Waals surface area contributed by atoms with Crippen LogP contribution in [-0.4, -0.2) is 36.8 Å². The normalized spacial score (nSPS) is 15.6. The second-order valence-corrected chi connectivity index (χ2v) is 8.42. The zero-order valence-electron chi connectivity index (χ0n) is 14.0. The summed E-state index contributed by atoms with van der Waals surface area (Å²) < 4.78 is 27.0. The Hall–Kier alpha value is -2.09. The lowest BCUT2D eigenvalue weighted by atomic mass is 10.2. The van der Waals surface area contributed by atoms with Gasteiger partial charge >= 0.3 is 0 Å². The molecule has 26 heavy (non-hydrogen) atoms. The molecule has 3 rings (SSSR count). The lowest BCUT2D eigenvalue weighted by Crippen LogP contribution is -2.35. The second kappa shape index (κ2) is 7.65. The Morgan fingerprint density at radius 3 is 2.46 bits per heavy atom. The van der Waals surface area contributed by atoms with Crippen LogP contribution in [0, 0.1) is 0 Å². The molecule has 1 aliphatic rings. The molecule has 0 unspecified atom stereocenters. The maximum atomic E-state index is 12.8. The number of benzene rings is 2. The third-order valence-corrected chi connectivity index (χ3v) is 6.51. The number of aromatic hydroxyl groups is 1. The van der Waals surface area contributed by atoms with Crippen LogP contribution >= 0.6 is 11.6 Å². The molecule has 2 aromatic carbocycles. The molecule has 0 spiro atoms. The van der Waals surface area contributed by atoms with Crippen LogP contribution in [0.2, 0.25) is 5.02 Å². The number of para-hydroxylation sites is 2. The van der Waals surface area contributed by atoms with Crippen LogP contribution < -0.4 is 5.32 Å². The van der Waals surface area contributed by atoms with Crippen molar-refractivity contribution in [2.75, 3.05) is 18.4 Å². The Labute approximate surface area is 157 Å². The van der Waals surface area contributed by atoms with Gasteiger partial charge in [-0.15, -0.1) is 0 Å². The molecule has 1 amide bonds. The van der Waals surface area contributed by atoms with Crippen molar-refractivity contribution in [3.63, 3.8) is 0 Å². The summed E-state index contributed by atoms with van der Waals surface area (Å²) in [6.07, 6.45) is 2.67. The Kier molecular flexibility index (Phi) is 5.50. The number of phenolic OH excluding ortho intramolecular Hbond substituents is 1. The number of hydrogen-bond acceptors (Lipinski definition) is 4. The average Bonchev–Trinajstić information content (AvgIpc) is 2.64. The van der Waals surface area contributed by atoms with Gasteiger partial charge in [-0.3, -0.25) is 4.79 Å². The first-order chi connectivity index (χ1) is 12.4. The van der Waals surface area contributed by atoms with Gasteiger partial charge < -0.3 is 10.4 Å². The van der Waals surface area contributed by atoms with E-state index in [1.54, 1.807) is 12.1 Å². The summed E-state index contributed by atoms with van der Waals surface area (Å²) >= 11 is 6.10. The molecule has 1 saturated heterocycles. The van der Waals surface area contributed by atoms with Crippen LogP contribution in [0.5, 0.6) is 5.75 Å². The molecule has 6 nitrogen and oxygen atoms in total. The predicted molar refractivity (Wildman–Crippen MR) is 100 cm³/mol. The zero-order chi connectivity index (χ0) is 18.7. The van der Waals surface area contributed by atoms with E-state index >= 15 is 0 Å². The van der Waals surface area contributed by atoms with Gasteiger partial charge in [-0.2, -0.15) is 4.31 Å². The van der Waals surface area contributed by atoms with Crippen LogP contribution in [0.3, 0.4) is 0 Å². The molecule has 2 N–H and O–H groups in total. The fourth-order valence-electron chi connectivity index (χ4n) is 2.86. The van der Waals surface area contributed by atoms with E-state index in [0.717, 1.165) is 19.3 Å². The first kappa shape index (κ1) is 18.7. The summed E-state index contributed by atoms with van der Waals surface area (Å²) in [5.41, 5.74) is 0.255. The fraction of sp³-hybridized carbons (Fsp3) is 0.278. The van der Waals surface area contributed by atoms with Crippen molar-refractivity contribution in [3.8, 4) is 5.75 Å². The highest BCUT2D eigenvalue weighted by Crippen LogP contribution is 2.27. The average molecular weight is 395 g/mol. The monoisotopic (exact) mass is 394 g/mol. The minimum atomic E-state index is -3.67. The van der Waals surface area contributed by atoms with Gasteiger partial charge in [-0.1, -0.05) is 30.2 Å². The van der Waals surface area contributed by atoms with Crippen molar-refractivity contribution in [1.29, 1.82) is 0 Å². The summed E-state index contributed by atoms with van der Waals surface area (Å²) in [4.78, 5) is 12.6. The molecule has 1 aliphatic heterocycles.